The molecule has 1 aromatic carbocycles. The molecule has 2 bridgehead atoms. The van der Waals surface area contributed by atoms with Crippen molar-refractivity contribution in [1.29, 1.82) is 0 Å². The van der Waals surface area contributed by atoms with Gasteiger partial charge in [-0.1, -0.05) is 38.1 Å². The van der Waals surface area contributed by atoms with Crippen molar-refractivity contribution in [3.8, 4) is 0 Å². The molecule has 2 atom stereocenters. The highest BCUT2D eigenvalue weighted by Gasteiger charge is 2.33. The molecular formula is C18H28N2O. The first-order valence-electron chi connectivity index (χ1n) is 8.35. The molecule has 0 saturated carbocycles. The minimum atomic E-state index is 0.489. The molecule has 21 heavy (non-hydrogen) atoms. The zero-order chi connectivity index (χ0) is 14.7. The van der Waals surface area contributed by atoms with Gasteiger partial charge in [-0.2, -0.15) is 0 Å². The highest BCUT2D eigenvalue weighted by atomic mass is 16.5. The van der Waals surface area contributed by atoms with Crippen molar-refractivity contribution in [3.63, 3.8) is 0 Å². The summed E-state index contributed by atoms with van der Waals surface area (Å²) in [7, 11) is 0. The monoisotopic (exact) mass is 288 g/mol. The zero-order valence-corrected chi connectivity index (χ0v) is 13.3. The van der Waals surface area contributed by atoms with Gasteiger partial charge in [0.1, 0.15) is 0 Å². The molecule has 2 unspecified atom stereocenters. The van der Waals surface area contributed by atoms with Crippen molar-refractivity contribution in [3.05, 3.63) is 35.4 Å². The molecule has 1 aromatic rings. The Morgan fingerprint density at radius 2 is 1.71 bits per heavy atom. The van der Waals surface area contributed by atoms with Crippen molar-refractivity contribution in [2.45, 2.75) is 52.0 Å². The van der Waals surface area contributed by atoms with E-state index in [0.717, 1.165) is 32.7 Å². The van der Waals surface area contributed by atoms with Crippen LogP contribution in [0.4, 0.5) is 0 Å². The van der Waals surface area contributed by atoms with Gasteiger partial charge < -0.3 is 10.1 Å². The first-order chi connectivity index (χ1) is 10.2. The van der Waals surface area contributed by atoms with Gasteiger partial charge in [-0.3, -0.25) is 4.90 Å². The molecule has 3 heteroatoms. The minimum absolute atomic E-state index is 0.489. The maximum absolute atomic E-state index is 5.90. The van der Waals surface area contributed by atoms with Gasteiger partial charge in [-0.15, -0.1) is 0 Å². The van der Waals surface area contributed by atoms with Crippen LogP contribution in [0.15, 0.2) is 24.3 Å². The van der Waals surface area contributed by atoms with Crippen molar-refractivity contribution in [1.82, 2.24) is 10.2 Å². The van der Waals surface area contributed by atoms with Crippen molar-refractivity contribution in [2.24, 2.45) is 5.92 Å². The number of benzene rings is 1. The molecule has 1 N–H and O–H groups in total. The van der Waals surface area contributed by atoms with Gasteiger partial charge in [0.25, 0.3) is 0 Å². The first kappa shape index (κ1) is 15.0. The lowest BCUT2D eigenvalue weighted by Gasteiger charge is -2.32. The fourth-order valence-corrected chi connectivity index (χ4v) is 3.35. The number of likely N-dealkylation sites (tertiary alicyclic amines) is 1. The van der Waals surface area contributed by atoms with Crippen LogP contribution in [0.5, 0.6) is 0 Å². The van der Waals surface area contributed by atoms with Crippen LogP contribution in [0.2, 0.25) is 0 Å². The molecule has 0 radical (unpaired) electrons. The third-order valence-electron chi connectivity index (χ3n) is 4.43. The topological polar surface area (TPSA) is 24.5 Å². The Hall–Kier alpha value is -0.900. The predicted octanol–water partition coefficient (Wildman–Crippen LogP) is 2.80. The lowest BCUT2D eigenvalue weighted by Crippen LogP contribution is -2.41. The molecule has 2 aliphatic heterocycles. The number of rotatable bonds is 6. The highest BCUT2D eigenvalue weighted by molar-refractivity contribution is 5.22. The number of nitrogens with one attached hydrogen (secondary N) is 1. The standard InChI is InChI=1S/C18H28N2O/c1-14(2)9-19-10-15-3-5-16(6-4-15)11-20-12-17-7-8-18(13-20)21-17/h3-6,14,17-19H,7-13H2,1-2H3. The second-order valence-corrected chi connectivity index (χ2v) is 6.99. The summed E-state index contributed by atoms with van der Waals surface area (Å²) in [6, 6.07) is 9.09. The Balaban J connectivity index is 1.48. The van der Waals surface area contributed by atoms with Gasteiger partial charge in [0.05, 0.1) is 12.2 Å². The van der Waals surface area contributed by atoms with Crippen LogP contribution >= 0.6 is 0 Å². The Morgan fingerprint density at radius 1 is 1.10 bits per heavy atom. The maximum atomic E-state index is 5.90. The third-order valence-corrected chi connectivity index (χ3v) is 4.43. The number of hydrogen-bond acceptors (Lipinski definition) is 3. The number of hydrogen-bond donors (Lipinski definition) is 1. The van der Waals surface area contributed by atoms with E-state index in [1.54, 1.807) is 0 Å². The van der Waals surface area contributed by atoms with Crippen LogP contribution in [0.3, 0.4) is 0 Å². The lowest BCUT2D eigenvalue weighted by atomic mass is 10.1. The van der Waals surface area contributed by atoms with Crippen LogP contribution in [-0.2, 0) is 17.8 Å². The third kappa shape index (κ3) is 4.29. The number of ether oxygens (including phenoxy) is 1. The Labute approximate surface area is 128 Å². The molecule has 2 aliphatic rings. The summed E-state index contributed by atoms with van der Waals surface area (Å²) >= 11 is 0. The molecule has 2 fully saturated rings. The van der Waals surface area contributed by atoms with Crippen LogP contribution < -0.4 is 5.32 Å². The second kappa shape index (κ2) is 6.91. The molecule has 0 aliphatic carbocycles. The quantitative estimate of drug-likeness (QED) is 0.871. The van der Waals surface area contributed by atoms with Crippen molar-refractivity contribution < 1.29 is 4.74 Å². The van der Waals surface area contributed by atoms with Gasteiger partial charge in [-0.25, -0.2) is 0 Å². The SMILES string of the molecule is CC(C)CNCc1ccc(CN2CC3CCC(C2)O3)cc1. The van der Waals surface area contributed by atoms with Gasteiger partial charge in [-0.05, 0) is 36.4 Å². The molecule has 3 rings (SSSR count). The number of nitrogens with zero attached hydrogens (tertiary/aromatic N) is 1. The van der Waals surface area contributed by atoms with Crippen LogP contribution in [0.25, 0.3) is 0 Å². The van der Waals surface area contributed by atoms with E-state index in [1.807, 2.05) is 0 Å². The van der Waals surface area contributed by atoms with Crippen LogP contribution in [-0.4, -0.2) is 36.7 Å². The maximum Gasteiger partial charge on any atom is 0.0707 e. The Morgan fingerprint density at radius 3 is 2.33 bits per heavy atom. The average Bonchev–Trinajstić information content (AvgIpc) is 2.79. The zero-order valence-electron chi connectivity index (χ0n) is 13.3. The van der Waals surface area contributed by atoms with Gasteiger partial charge in [0.15, 0.2) is 0 Å². The van der Waals surface area contributed by atoms with Crippen LogP contribution in [0, 0.1) is 5.92 Å². The molecule has 2 saturated heterocycles. The molecule has 2 heterocycles. The summed E-state index contributed by atoms with van der Waals surface area (Å²) in [5.74, 6) is 0.709. The van der Waals surface area contributed by atoms with E-state index in [4.69, 9.17) is 4.74 Å². The molecule has 0 aromatic heterocycles. The predicted molar refractivity (Wildman–Crippen MR) is 86.2 cm³/mol. The van der Waals surface area contributed by atoms with E-state index in [-0.39, 0.29) is 0 Å². The summed E-state index contributed by atoms with van der Waals surface area (Å²) in [5.41, 5.74) is 2.80. The molecule has 3 nitrogen and oxygen atoms in total. The normalized spacial score (nSPS) is 25.7. The van der Waals surface area contributed by atoms with Gasteiger partial charge in [0, 0.05) is 26.2 Å². The number of fused-ring (bicyclic) bond motifs is 2. The van der Waals surface area contributed by atoms with E-state index < -0.39 is 0 Å². The fraction of sp³-hybridized carbons (Fsp3) is 0.667. The van der Waals surface area contributed by atoms with Gasteiger partial charge >= 0.3 is 0 Å². The smallest absolute Gasteiger partial charge is 0.0707 e. The Kier molecular flexibility index (Phi) is 4.94. The summed E-state index contributed by atoms with van der Waals surface area (Å²) < 4.78 is 5.90. The lowest BCUT2D eigenvalue weighted by molar-refractivity contribution is -0.0410. The molecular weight excluding hydrogens is 260 g/mol. The summed E-state index contributed by atoms with van der Waals surface area (Å²) in [6.45, 7) is 9.81. The van der Waals surface area contributed by atoms with Gasteiger partial charge in [0.2, 0.25) is 0 Å². The van der Waals surface area contributed by atoms with E-state index >= 15 is 0 Å². The van der Waals surface area contributed by atoms with Crippen molar-refractivity contribution in [2.75, 3.05) is 19.6 Å². The van der Waals surface area contributed by atoms with E-state index in [9.17, 15) is 0 Å². The van der Waals surface area contributed by atoms with E-state index in [2.05, 4.69) is 48.3 Å². The molecule has 0 amide bonds. The molecule has 0 spiro atoms. The first-order valence-corrected chi connectivity index (χ1v) is 8.35. The van der Waals surface area contributed by atoms with Crippen molar-refractivity contribution >= 4 is 0 Å². The molecule has 116 valence electrons. The summed E-state index contributed by atoms with van der Waals surface area (Å²) in [6.07, 6.45) is 3.48. The minimum Gasteiger partial charge on any atom is -0.372 e. The Bertz CT molecular complexity index is 431. The largest absolute Gasteiger partial charge is 0.372 e. The summed E-state index contributed by atoms with van der Waals surface area (Å²) in [5, 5.41) is 3.49. The van der Waals surface area contributed by atoms with E-state index in [0.29, 0.717) is 18.1 Å². The fourth-order valence-electron chi connectivity index (χ4n) is 3.35. The van der Waals surface area contributed by atoms with E-state index in [1.165, 1.54) is 24.0 Å². The average molecular weight is 288 g/mol. The second-order valence-electron chi connectivity index (χ2n) is 6.99. The summed E-state index contributed by atoms with van der Waals surface area (Å²) in [4.78, 5) is 2.55. The highest BCUT2D eigenvalue weighted by Crippen LogP contribution is 2.27. The van der Waals surface area contributed by atoms with Crippen LogP contribution in [0.1, 0.15) is 37.8 Å². The number of morpholine rings is 1.